The highest BCUT2D eigenvalue weighted by atomic mass is 32.1. The van der Waals surface area contributed by atoms with Crippen LogP contribution in [0.2, 0.25) is 0 Å². The summed E-state index contributed by atoms with van der Waals surface area (Å²) in [4.78, 5) is 12.6. The smallest absolute Gasteiger partial charge is 0.343 e. The number of hydrogen-bond donors (Lipinski definition) is 1. The molecule has 0 fully saturated rings. The van der Waals surface area contributed by atoms with E-state index in [0.29, 0.717) is 11.3 Å². The first-order valence-electron chi connectivity index (χ1n) is 5.23. The van der Waals surface area contributed by atoms with Crippen LogP contribution < -0.4 is 4.74 Å². The van der Waals surface area contributed by atoms with Crippen molar-refractivity contribution >= 4 is 18.6 Å². The third-order valence-electron chi connectivity index (χ3n) is 2.39. The van der Waals surface area contributed by atoms with Crippen LogP contribution in [0.3, 0.4) is 0 Å². The van der Waals surface area contributed by atoms with Gasteiger partial charge in [0.2, 0.25) is 0 Å². The molecule has 0 saturated carbocycles. The fourth-order valence-corrected chi connectivity index (χ4v) is 1.57. The maximum absolute atomic E-state index is 11.8. The van der Waals surface area contributed by atoms with E-state index < -0.39 is 0 Å². The number of thiol groups is 1. The Morgan fingerprint density at radius 1 is 1.12 bits per heavy atom. The van der Waals surface area contributed by atoms with Crippen molar-refractivity contribution in [2.45, 2.75) is 11.8 Å². The molecule has 3 heteroatoms. The van der Waals surface area contributed by atoms with Gasteiger partial charge in [-0.2, -0.15) is 0 Å². The highest BCUT2D eigenvalue weighted by molar-refractivity contribution is 7.80. The minimum absolute atomic E-state index is 0.350. The van der Waals surface area contributed by atoms with Gasteiger partial charge in [0.25, 0.3) is 0 Å². The summed E-state index contributed by atoms with van der Waals surface area (Å²) in [5.74, 6) is 0.186. The van der Waals surface area contributed by atoms with Crippen molar-refractivity contribution in [3.8, 4) is 5.75 Å². The van der Waals surface area contributed by atoms with Gasteiger partial charge in [0.1, 0.15) is 5.75 Å². The predicted octanol–water partition coefficient (Wildman–Crippen LogP) is 3.50. The molecule has 0 atom stereocenters. The highest BCUT2D eigenvalue weighted by Crippen LogP contribution is 2.20. The largest absolute Gasteiger partial charge is 0.423 e. The molecular weight excluding hydrogens is 232 g/mol. The average molecular weight is 244 g/mol. The third-order valence-corrected chi connectivity index (χ3v) is 2.89. The van der Waals surface area contributed by atoms with E-state index in [4.69, 9.17) is 4.74 Å². The van der Waals surface area contributed by atoms with Crippen LogP contribution in [-0.4, -0.2) is 5.97 Å². The van der Waals surface area contributed by atoms with Crippen molar-refractivity contribution in [2.24, 2.45) is 0 Å². The van der Waals surface area contributed by atoms with E-state index in [-0.39, 0.29) is 5.97 Å². The Morgan fingerprint density at radius 2 is 1.82 bits per heavy atom. The fraction of sp³-hybridized carbons (Fsp3) is 0.0714. The Balaban J connectivity index is 2.16. The van der Waals surface area contributed by atoms with E-state index in [2.05, 4.69) is 12.6 Å². The molecule has 2 nitrogen and oxygen atoms in total. The molecule has 0 heterocycles. The summed E-state index contributed by atoms with van der Waals surface area (Å²) in [7, 11) is 0. The Bertz CT molecular complexity index is 535. The lowest BCUT2D eigenvalue weighted by Gasteiger charge is -2.06. The van der Waals surface area contributed by atoms with Crippen LogP contribution >= 0.6 is 12.6 Å². The Hall–Kier alpha value is -1.74. The SMILES string of the molecule is Cc1cc(OC(=O)c2ccccc2)ccc1S. The minimum atomic E-state index is -0.350. The molecule has 2 rings (SSSR count). The van der Waals surface area contributed by atoms with Crippen LogP contribution in [0.5, 0.6) is 5.75 Å². The van der Waals surface area contributed by atoms with Gasteiger partial charge in [0.15, 0.2) is 0 Å². The van der Waals surface area contributed by atoms with E-state index in [1.165, 1.54) is 0 Å². The molecule has 2 aromatic rings. The Morgan fingerprint density at radius 3 is 2.47 bits per heavy atom. The summed E-state index contributed by atoms with van der Waals surface area (Å²) >= 11 is 4.27. The van der Waals surface area contributed by atoms with Crippen molar-refractivity contribution in [2.75, 3.05) is 0 Å². The topological polar surface area (TPSA) is 26.3 Å². The van der Waals surface area contributed by atoms with Gasteiger partial charge in [0, 0.05) is 4.90 Å². The lowest BCUT2D eigenvalue weighted by Crippen LogP contribution is -2.08. The lowest BCUT2D eigenvalue weighted by molar-refractivity contribution is 0.0734. The normalized spacial score (nSPS) is 10.0. The molecule has 86 valence electrons. The molecule has 0 bridgehead atoms. The second-order valence-corrected chi connectivity index (χ2v) is 4.19. The van der Waals surface area contributed by atoms with Gasteiger partial charge >= 0.3 is 5.97 Å². The molecule has 0 spiro atoms. The second kappa shape index (κ2) is 5.06. The number of carbonyl (C=O) groups is 1. The van der Waals surface area contributed by atoms with Crippen LogP contribution in [0.1, 0.15) is 15.9 Å². The summed E-state index contributed by atoms with van der Waals surface area (Å²) in [5.41, 5.74) is 1.52. The van der Waals surface area contributed by atoms with Crippen LogP contribution in [0.15, 0.2) is 53.4 Å². The van der Waals surface area contributed by atoms with Gasteiger partial charge in [0.05, 0.1) is 5.56 Å². The van der Waals surface area contributed by atoms with Crippen LogP contribution in [-0.2, 0) is 0 Å². The maximum atomic E-state index is 11.8. The zero-order chi connectivity index (χ0) is 12.3. The molecule has 0 unspecified atom stereocenters. The van der Waals surface area contributed by atoms with Crippen molar-refractivity contribution in [1.82, 2.24) is 0 Å². The molecule has 2 aromatic carbocycles. The third kappa shape index (κ3) is 2.88. The number of ether oxygens (including phenoxy) is 1. The molecule has 0 N–H and O–H groups in total. The average Bonchev–Trinajstić information content (AvgIpc) is 2.35. The first-order valence-corrected chi connectivity index (χ1v) is 5.68. The van der Waals surface area contributed by atoms with Crippen LogP contribution in [0.25, 0.3) is 0 Å². The van der Waals surface area contributed by atoms with Crippen molar-refractivity contribution < 1.29 is 9.53 Å². The Labute approximate surface area is 106 Å². The fourth-order valence-electron chi connectivity index (χ4n) is 1.43. The van der Waals surface area contributed by atoms with Gasteiger partial charge in [-0.1, -0.05) is 18.2 Å². The maximum Gasteiger partial charge on any atom is 0.343 e. The molecule has 0 aromatic heterocycles. The molecule has 0 amide bonds. The van der Waals surface area contributed by atoms with Gasteiger partial charge in [-0.15, -0.1) is 12.6 Å². The van der Waals surface area contributed by atoms with Gasteiger partial charge in [-0.25, -0.2) is 4.79 Å². The first-order chi connectivity index (χ1) is 8.16. The number of hydrogen-bond acceptors (Lipinski definition) is 3. The summed E-state index contributed by atoms with van der Waals surface area (Å²) < 4.78 is 5.26. The number of carbonyl (C=O) groups excluding carboxylic acids is 1. The Kier molecular flexibility index (Phi) is 3.49. The lowest BCUT2D eigenvalue weighted by atomic mass is 10.2. The van der Waals surface area contributed by atoms with Crippen molar-refractivity contribution in [3.05, 3.63) is 59.7 Å². The molecule has 0 aliphatic rings. The number of rotatable bonds is 2. The predicted molar refractivity (Wildman–Crippen MR) is 69.8 cm³/mol. The van der Waals surface area contributed by atoms with Gasteiger partial charge < -0.3 is 4.74 Å². The summed E-state index contributed by atoms with van der Waals surface area (Å²) in [6.07, 6.45) is 0. The minimum Gasteiger partial charge on any atom is -0.423 e. The molecule has 17 heavy (non-hydrogen) atoms. The number of benzene rings is 2. The molecule has 0 aliphatic carbocycles. The molecular formula is C14H12O2S. The monoisotopic (exact) mass is 244 g/mol. The highest BCUT2D eigenvalue weighted by Gasteiger charge is 2.07. The zero-order valence-corrected chi connectivity index (χ0v) is 10.3. The van der Waals surface area contributed by atoms with Crippen LogP contribution in [0.4, 0.5) is 0 Å². The molecule has 0 aliphatic heterocycles. The summed E-state index contributed by atoms with van der Waals surface area (Å²) in [6, 6.07) is 14.3. The zero-order valence-electron chi connectivity index (χ0n) is 9.38. The summed E-state index contributed by atoms with van der Waals surface area (Å²) in [6.45, 7) is 1.92. The molecule has 0 saturated heterocycles. The van der Waals surface area contributed by atoms with Gasteiger partial charge in [-0.05, 0) is 42.8 Å². The van der Waals surface area contributed by atoms with E-state index >= 15 is 0 Å². The van der Waals surface area contributed by atoms with E-state index in [1.54, 1.807) is 36.4 Å². The van der Waals surface area contributed by atoms with Crippen LogP contribution in [0, 0.1) is 6.92 Å². The number of esters is 1. The molecule has 0 radical (unpaired) electrons. The van der Waals surface area contributed by atoms with Crippen molar-refractivity contribution in [3.63, 3.8) is 0 Å². The van der Waals surface area contributed by atoms with E-state index in [0.717, 1.165) is 10.5 Å². The van der Waals surface area contributed by atoms with E-state index in [9.17, 15) is 4.79 Å². The van der Waals surface area contributed by atoms with Gasteiger partial charge in [-0.3, -0.25) is 0 Å². The summed E-state index contributed by atoms with van der Waals surface area (Å²) in [5, 5.41) is 0. The quantitative estimate of drug-likeness (QED) is 0.497. The number of aryl methyl sites for hydroxylation is 1. The van der Waals surface area contributed by atoms with E-state index in [1.807, 2.05) is 19.1 Å². The second-order valence-electron chi connectivity index (χ2n) is 3.70. The standard InChI is InChI=1S/C14H12O2S/c1-10-9-12(7-8-13(10)17)16-14(15)11-5-3-2-4-6-11/h2-9,17H,1H3. The van der Waals surface area contributed by atoms with Crippen molar-refractivity contribution in [1.29, 1.82) is 0 Å². The first kappa shape index (κ1) is 11.7.